The van der Waals surface area contributed by atoms with Crippen LogP contribution >= 0.6 is 0 Å². The van der Waals surface area contributed by atoms with E-state index < -0.39 is 11.6 Å². The van der Waals surface area contributed by atoms with E-state index in [4.69, 9.17) is 23.7 Å². The maximum absolute atomic E-state index is 6.27. The van der Waals surface area contributed by atoms with Crippen molar-refractivity contribution in [2.45, 2.75) is 98.8 Å². The van der Waals surface area contributed by atoms with E-state index in [1.807, 2.05) is 27.7 Å². The molecule has 0 bridgehead atoms. The summed E-state index contributed by atoms with van der Waals surface area (Å²) in [6.07, 6.45) is 0.955. The van der Waals surface area contributed by atoms with E-state index in [9.17, 15) is 0 Å². The van der Waals surface area contributed by atoms with Gasteiger partial charge in [0.25, 0.3) is 0 Å². The fourth-order valence-electron chi connectivity index (χ4n) is 4.16. The molecular formula is C27H36O5. The van der Waals surface area contributed by atoms with Crippen molar-refractivity contribution in [1.29, 1.82) is 0 Å². The normalized spacial score (nSPS) is 18.5. The fraction of sp³-hybridized carbons (Fsp3) is 0.556. The number of fused-ring (bicyclic) bond motifs is 2. The minimum absolute atomic E-state index is 0.415. The zero-order chi connectivity index (χ0) is 23.1. The Morgan fingerprint density at radius 2 is 1.34 bits per heavy atom. The molecule has 0 saturated heterocycles. The molecule has 2 aromatic carbocycles. The van der Waals surface area contributed by atoms with E-state index >= 15 is 0 Å². The molecule has 2 aliphatic rings. The molecule has 0 fully saturated rings. The summed E-state index contributed by atoms with van der Waals surface area (Å²) in [5.74, 6) is 0.912. The summed E-state index contributed by atoms with van der Waals surface area (Å²) in [6.45, 7) is 16.4. The van der Waals surface area contributed by atoms with Crippen LogP contribution in [0.5, 0.6) is 11.5 Å². The van der Waals surface area contributed by atoms with E-state index in [0.29, 0.717) is 32.3 Å². The van der Waals surface area contributed by atoms with Gasteiger partial charge in [-0.2, -0.15) is 0 Å². The van der Waals surface area contributed by atoms with Crippen LogP contribution in [0.3, 0.4) is 0 Å². The van der Waals surface area contributed by atoms with Gasteiger partial charge < -0.3 is 23.7 Å². The first-order chi connectivity index (χ1) is 15.1. The predicted octanol–water partition coefficient (Wildman–Crippen LogP) is 6.38. The molecule has 0 saturated carbocycles. The van der Waals surface area contributed by atoms with Crippen molar-refractivity contribution < 1.29 is 23.7 Å². The number of hydrogen-bond donors (Lipinski definition) is 0. The maximum Gasteiger partial charge on any atom is 0.205 e. The van der Waals surface area contributed by atoms with Crippen LogP contribution < -0.4 is 9.47 Å². The molecule has 0 unspecified atom stereocenters. The Morgan fingerprint density at radius 1 is 0.812 bits per heavy atom. The summed E-state index contributed by atoms with van der Waals surface area (Å²) in [5, 5.41) is 0. The summed E-state index contributed by atoms with van der Waals surface area (Å²) >= 11 is 0. The van der Waals surface area contributed by atoms with Crippen LogP contribution in [0.4, 0.5) is 0 Å². The third kappa shape index (κ3) is 4.95. The summed E-state index contributed by atoms with van der Waals surface area (Å²) in [4.78, 5) is 0. The molecule has 2 aliphatic heterocycles. The van der Waals surface area contributed by atoms with Gasteiger partial charge in [0.05, 0.1) is 26.4 Å². The Kier molecular flexibility index (Phi) is 6.27. The van der Waals surface area contributed by atoms with Gasteiger partial charge >= 0.3 is 0 Å². The van der Waals surface area contributed by atoms with Crippen LogP contribution in [0, 0.1) is 0 Å². The molecule has 174 valence electrons. The molecular weight excluding hydrogens is 404 g/mol. The molecule has 0 radical (unpaired) electrons. The largest absolute Gasteiger partial charge is 0.462 e. The molecule has 4 rings (SSSR count). The van der Waals surface area contributed by atoms with Crippen LogP contribution in [0.1, 0.15) is 87.8 Å². The van der Waals surface area contributed by atoms with Crippen molar-refractivity contribution in [3.63, 3.8) is 0 Å². The van der Waals surface area contributed by atoms with E-state index in [1.165, 1.54) is 11.1 Å². The number of rotatable bonds is 6. The molecule has 0 N–H and O–H groups in total. The highest BCUT2D eigenvalue weighted by Crippen LogP contribution is 2.39. The number of aryl methyl sites for hydroxylation is 1. The second-order valence-corrected chi connectivity index (χ2v) is 9.99. The van der Waals surface area contributed by atoms with Crippen LogP contribution in [0.25, 0.3) is 0 Å². The van der Waals surface area contributed by atoms with Gasteiger partial charge in [-0.15, -0.1) is 0 Å². The zero-order valence-corrected chi connectivity index (χ0v) is 20.5. The number of benzene rings is 2. The maximum atomic E-state index is 6.27. The van der Waals surface area contributed by atoms with Gasteiger partial charge in [-0.25, -0.2) is 0 Å². The highest BCUT2D eigenvalue weighted by Gasteiger charge is 2.31. The Labute approximate surface area is 192 Å². The van der Waals surface area contributed by atoms with Crippen LogP contribution in [-0.4, -0.2) is 11.6 Å². The molecule has 2 aromatic rings. The monoisotopic (exact) mass is 440 g/mol. The molecule has 0 aromatic heterocycles. The number of hydrogen-bond acceptors (Lipinski definition) is 5. The van der Waals surface area contributed by atoms with Crippen LogP contribution in [0.15, 0.2) is 24.3 Å². The lowest BCUT2D eigenvalue weighted by Gasteiger charge is -2.35. The molecule has 5 heteroatoms. The van der Waals surface area contributed by atoms with Crippen LogP contribution in [0.2, 0.25) is 0 Å². The second kappa shape index (κ2) is 8.69. The lowest BCUT2D eigenvalue weighted by atomic mass is 9.96. The minimum atomic E-state index is -0.644. The Morgan fingerprint density at radius 3 is 1.88 bits per heavy atom. The van der Waals surface area contributed by atoms with Crippen molar-refractivity contribution in [1.82, 2.24) is 0 Å². The van der Waals surface area contributed by atoms with E-state index in [2.05, 4.69) is 45.0 Å². The SMILES string of the molecule is CCc1cc(COCc2cc(C(C)C)cc3c2OC(C)(C)OC3)c2c(c1)COC(C)(C)O2. The minimum Gasteiger partial charge on any atom is -0.462 e. The highest BCUT2D eigenvalue weighted by atomic mass is 16.7. The summed E-state index contributed by atoms with van der Waals surface area (Å²) < 4.78 is 30.4. The van der Waals surface area contributed by atoms with Crippen LogP contribution in [-0.2, 0) is 47.1 Å². The molecule has 0 aliphatic carbocycles. The Hall–Kier alpha value is -2.08. The van der Waals surface area contributed by atoms with Crippen molar-refractivity contribution in [3.8, 4) is 11.5 Å². The summed E-state index contributed by atoms with van der Waals surface area (Å²) in [6, 6.07) is 8.76. The molecule has 0 amide bonds. The van der Waals surface area contributed by atoms with Crippen molar-refractivity contribution >= 4 is 0 Å². The van der Waals surface area contributed by atoms with Gasteiger partial charge in [-0.05, 0) is 47.7 Å². The van der Waals surface area contributed by atoms with Gasteiger partial charge in [0.15, 0.2) is 0 Å². The standard InChI is InChI=1S/C27H36O5/c1-8-18-9-20(24-21(10-18)15-29-26(4,5)31-24)13-28-14-22-11-19(17(2)3)12-23-16-30-27(6,7)32-25(22)23/h9-12,17H,8,13-16H2,1-7H3. The first kappa shape index (κ1) is 23.1. The fourth-order valence-corrected chi connectivity index (χ4v) is 4.16. The van der Waals surface area contributed by atoms with Gasteiger partial charge in [-0.3, -0.25) is 0 Å². The lowest BCUT2D eigenvalue weighted by molar-refractivity contribution is -0.181. The number of ether oxygens (including phenoxy) is 5. The molecule has 5 nitrogen and oxygen atoms in total. The topological polar surface area (TPSA) is 46.2 Å². The second-order valence-electron chi connectivity index (χ2n) is 9.99. The van der Waals surface area contributed by atoms with Gasteiger partial charge in [0, 0.05) is 49.9 Å². The average molecular weight is 441 g/mol. The van der Waals surface area contributed by atoms with Gasteiger partial charge in [-0.1, -0.05) is 20.8 Å². The quantitative estimate of drug-likeness (QED) is 0.522. The Balaban J connectivity index is 1.58. The zero-order valence-electron chi connectivity index (χ0n) is 20.5. The van der Waals surface area contributed by atoms with Gasteiger partial charge in [0.1, 0.15) is 11.5 Å². The summed E-state index contributed by atoms with van der Waals surface area (Å²) in [7, 11) is 0. The predicted molar refractivity (Wildman–Crippen MR) is 124 cm³/mol. The third-order valence-corrected chi connectivity index (χ3v) is 6.00. The Bertz CT molecular complexity index is 990. The first-order valence-corrected chi connectivity index (χ1v) is 11.6. The third-order valence-electron chi connectivity index (χ3n) is 6.00. The van der Waals surface area contributed by atoms with E-state index in [1.54, 1.807) is 0 Å². The van der Waals surface area contributed by atoms with E-state index in [0.717, 1.165) is 40.2 Å². The highest BCUT2D eigenvalue weighted by molar-refractivity contribution is 5.47. The first-order valence-electron chi connectivity index (χ1n) is 11.6. The lowest BCUT2D eigenvalue weighted by Crippen LogP contribution is -2.36. The average Bonchev–Trinajstić information content (AvgIpc) is 2.72. The molecule has 32 heavy (non-hydrogen) atoms. The van der Waals surface area contributed by atoms with Crippen molar-refractivity contribution in [3.05, 3.63) is 57.6 Å². The molecule has 0 spiro atoms. The molecule has 2 heterocycles. The van der Waals surface area contributed by atoms with E-state index in [-0.39, 0.29) is 0 Å². The molecule has 0 atom stereocenters. The summed E-state index contributed by atoms with van der Waals surface area (Å²) in [5.41, 5.74) is 6.82. The van der Waals surface area contributed by atoms with Crippen molar-refractivity contribution in [2.24, 2.45) is 0 Å². The smallest absolute Gasteiger partial charge is 0.205 e. The van der Waals surface area contributed by atoms with Gasteiger partial charge in [0.2, 0.25) is 11.6 Å². The van der Waals surface area contributed by atoms with Crippen molar-refractivity contribution in [2.75, 3.05) is 0 Å².